The van der Waals surface area contributed by atoms with Crippen molar-refractivity contribution in [3.63, 3.8) is 0 Å². The number of nitrogens with zero attached hydrogens (tertiary/aromatic N) is 3. The number of hydrogen-bond donors (Lipinski definition) is 1. The molecule has 1 aromatic heterocycles. The molecule has 0 atom stereocenters. The van der Waals surface area contributed by atoms with Gasteiger partial charge in [-0.05, 0) is 63.1 Å². The highest BCUT2D eigenvalue weighted by atomic mass is 35.5. The minimum Gasteiger partial charge on any atom is -0.472 e. The van der Waals surface area contributed by atoms with E-state index in [9.17, 15) is 4.79 Å². The number of halogens is 1. The standard InChI is InChI=1S/C23H25ClN4O2/c1-15(2)30-23-21(26-19-5-3-4-6-20(19)27-23)28-13-11-16(12-14-28)22(29)25-18-9-7-17(24)8-10-18/h3-10,15-16H,11-14H2,1-2H3,(H,25,29). The van der Waals surface area contributed by atoms with Gasteiger partial charge in [0.15, 0.2) is 5.82 Å². The molecule has 1 aliphatic heterocycles. The molecule has 0 bridgehead atoms. The third-order valence-corrected chi connectivity index (χ3v) is 5.40. The Morgan fingerprint density at radius 1 is 1.07 bits per heavy atom. The lowest BCUT2D eigenvalue weighted by Gasteiger charge is -2.33. The van der Waals surface area contributed by atoms with Crippen LogP contribution in [-0.2, 0) is 4.79 Å². The summed E-state index contributed by atoms with van der Waals surface area (Å²) in [6, 6.07) is 15.0. The van der Waals surface area contributed by atoms with E-state index in [1.807, 2.05) is 50.2 Å². The fraction of sp³-hybridized carbons (Fsp3) is 0.348. The van der Waals surface area contributed by atoms with Gasteiger partial charge in [-0.1, -0.05) is 23.7 Å². The number of hydrogen-bond acceptors (Lipinski definition) is 5. The number of carbonyl (C=O) groups is 1. The molecule has 1 aliphatic rings. The molecule has 1 fully saturated rings. The second kappa shape index (κ2) is 8.88. The summed E-state index contributed by atoms with van der Waals surface area (Å²) in [6.07, 6.45) is 1.49. The zero-order chi connectivity index (χ0) is 21.1. The van der Waals surface area contributed by atoms with Crippen LogP contribution in [0.5, 0.6) is 5.88 Å². The lowest BCUT2D eigenvalue weighted by atomic mass is 9.96. The van der Waals surface area contributed by atoms with E-state index in [2.05, 4.69) is 10.2 Å². The molecule has 7 heteroatoms. The highest BCUT2D eigenvalue weighted by Crippen LogP contribution is 2.31. The summed E-state index contributed by atoms with van der Waals surface area (Å²) in [7, 11) is 0. The van der Waals surface area contributed by atoms with Crippen LogP contribution in [0.25, 0.3) is 11.0 Å². The molecule has 2 heterocycles. The Morgan fingerprint density at radius 2 is 1.70 bits per heavy atom. The maximum atomic E-state index is 12.7. The van der Waals surface area contributed by atoms with Gasteiger partial charge in [-0.15, -0.1) is 0 Å². The molecular formula is C23H25ClN4O2. The first-order valence-corrected chi connectivity index (χ1v) is 10.6. The normalized spacial score (nSPS) is 14.9. The zero-order valence-electron chi connectivity index (χ0n) is 17.1. The number of aromatic nitrogens is 2. The number of carbonyl (C=O) groups excluding carboxylic acids is 1. The van der Waals surface area contributed by atoms with E-state index in [1.54, 1.807) is 12.1 Å². The molecule has 4 rings (SSSR count). The Bertz CT molecular complexity index is 1030. The van der Waals surface area contributed by atoms with E-state index >= 15 is 0 Å². The minimum atomic E-state index is -0.0418. The summed E-state index contributed by atoms with van der Waals surface area (Å²) in [5.74, 6) is 1.30. The molecule has 1 N–H and O–H groups in total. The monoisotopic (exact) mass is 424 g/mol. The van der Waals surface area contributed by atoms with E-state index in [1.165, 1.54) is 0 Å². The quantitative estimate of drug-likeness (QED) is 0.629. The molecule has 0 aliphatic carbocycles. The molecule has 1 amide bonds. The van der Waals surface area contributed by atoms with Gasteiger partial charge in [-0.25, -0.2) is 9.97 Å². The summed E-state index contributed by atoms with van der Waals surface area (Å²) in [6.45, 7) is 5.41. The largest absolute Gasteiger partial charge is 0.472 e. The number of benzene rings is 2. The van der Waals surface area contributed by atoms with Crippen LogP contribution in [0.4, 0.5) is 11.5 Å². The molecule has 1 saturated heterocycles. The number of rotatable bonds is 5. The van der Waals surface area contributed by atoms with Gasteiger partial charge in [0.2, 0.25) is 5.91 Å². The predicted octanol–water partition coefficient (Wildman–Crippen LogP) is 4.93. The van der Waals surface area contributed by atoms with E-state index in [-0.39, 0.29) is 17.9 Å². The number of piperidine rings is 1. The molecule has 0 saturated carbocycles. The van der Waals surface area contributed by atoms with Crippen LogP contribution < -0.4 is 15.0 Å². The Morgan fingerprint density at radius 3 is 2.33 bits per heavy atom. The smallest absolute Gasteiger partial charge is 0.258 e. The second-order valence-electron chi connectivity index (χ2n) is 7.77. The van der Waals surface area contributed by atoms with Crippen LogP contribution in [0, 0.1) is 5.92 Å². The molecule has 0 spiro atoms. The van der Waals surface area contributed by atoms with Crippen LogP contribution in [0.1, 0.15) is 26.7 Å². The fourth-order valence-corrected chi connectivity index (χ4v) is 3.74. The fourth-order valence-electron chi connectivity index (χ4n) is 3.61. The summed E-state index contributed by atoms with van der Waals surface area (Å²) in [5, 5.41) is 3.64. The first-order chi connectivity index (χ1) is 14.5. The first kappa shape index (κ1) is 20.4. The molecule has 6 nitrogen and oxygen atoms in total. The number of fused-ring (bicyclic) bond motifs is 1. The average molecular weight is 425 g/mol. The summed E-state index contributed by atoms with van der Waals surface area (Å²) < 4.78 is 5.96. The second-order valence-corrected chi connectivity index (χ2v) is 8.20. The van der Waals surface area contributed by atoms with Crippen molar-refractivity contribution in [3.8, 4) is 5.88 Å². The van der Waals surface area contributed by atoms with Crippen molar-refractivity contribution in [1.82, 2.24) is 9.97 Å². The number of ether oxygens (including phenoxy) is 1. The molecule has 2 aromatic carbocycles. The van der Waals surface area contributed by atoms with Crippen molar-refractivity contribution >= 4 is 40.0 Å². The molecule has 0 radical (unpaired) electrons. The van der Waals surface area contributed by atoms with Gasteiger partial charge < -0.3 is 15.0 Å². The third kappa shape index (κ3) is 4.65. The van der Waals surface area contributed by atoms with Gasteiger partial charge in [0, 0.05) is 29.7 Å². The Labute approximate surface area is 181 Å². The predicted molar refractivity (Wildman–Crippen MR) is 120 cm³/mol. The van der Waals surface area contributed by atoms with Gasteiger partial charge in [0.1, 0.15) is 0 Å². The molecule has 3 aromatic rings. The third-order valence-electron chi connectivity index (χ3n) is 5.15. The molecule has 30 heavy (non-hydrogen) atoms. The molecule has 0 unspecified atom stereocenters. The van der Waals surface area contributed by atoms with Gasteiger partial charge in [-0.2, -0.15) is 0 Å². The Balaban J connectivity index is 1.47. The molecule has 156 valence electrons. The Hall–Kier alpha value is -2.86. The van der Waals surface area contributed by atoms with Gasteiger partial charge in [0.05, 0.1) is 17.1 Å². The lowest BCUT2D eigenvalue weighted by molar-refractivity contribution is -0.120. The van der Waals surface area contributed by atoms with Gasteiger partial charge >= 0.3 is 0 Å². The Kier molecular flexibility index (Phi) is 6.04. The maximum Gasteiger partial charge on any atom is 0.258 e. The van der Waals surface area contributed by atoms with E-state index in [0.29, 0.717) is 10.9 Å². The van der Waals surface area contributed by atoms with E-state index < -0.39 is 0 Å². The highest BCUT2D eigenvalue weighted by molar-refractivity contribution is 6.30. The van der Waals surface area contributed by atoms with Crippen molar-refractivity contribution in [2.75, 3.05) is 23.3 Å². The van der Waals surface area contributed by atoms with Crippen molar-refractivity contribution in [1.29, 1.82) is 0 Å². The zero-order valence-corrected chi connectivity index (χ0v) is 17.9. The van der Waals surface area contributed by atoms with Crippen LogP contribution in [-0.4, -0.2) is 35.1 Å². The van der Waals surface area contributed by atoms with E-state index in [0.717, 1.165) is 48.5 Å². The summed E-state index contributed by atoms with van der Waals surface area (Å²) >= 11 is 5.91. The molecular weight excluding hydrogens is 400 g/mol. The highest BCUT2D eigenvalue weighted by Gasteiger charge is 2.28. The van der Waals surface area contributed by atoms with Crippen LogP contribution in [0.3, 0.4) is 0 Å². The van der Waals surface area contributed by atoms with Crippen LogP contribution in [0.15, 0.2) is 48.5 Å². The van der Waals surface area contributed by atoms with Crippen molar-refractivity contribution in [3.05, 3.63) is 53.6 Å². The maximum absolute atomic E-state index is 12.7. The number of para-hydroxylation sites is 2. The van der Waals surface area contributed by atoms with Crippen molar-refractivity contribution in [2.24, 2.45) is 5.92 Å². The average Bonchev–Trinajstić information content (AvgIpc) is 2.74. The SMILES string of the molecule is CC(C)Oc1nc2ccccc2nc1N1CCC(C(=O)Nc2ccc(Cl)cc2)CC1. The van der Waals surface area contributed by atoms with Crippen molar-refractivity contribution < 1.29 is 9.53 Å². The lowest BCUT2D eigenvalue weighted by Crippen LogP contribution is -2.39. The van der Waals surface area contributed by atoms with Crippen molar-refractivity contribution in [2.45, 2.75) is 32.8 Å². The number of anilines is 2. The number of nitrogens with one attached hydrogen (secondary N) is 1. The number of amides is 1. The van der Waals surface area contributed by atoms with Crippen LogP contribution in [0.2, 0.25) is 5.02 Å². The summed E-state index contributed by atoms with van der Waals surface area (Å²) in [5.41, 5.74) is 2.42. The minimum absolute atomic E-state index is 0.00176. The van der Waals surface area contributed by atoms with E-state index in [4.69, 9.17) is 26.3 Å². The topological polar surface area (TPSA) is 67.4 Å². The first-order valence-electron chi connectivity index (χ1n) is 10.2. The van der Waals surface area contributed by atoms with Gasteiger partial charge in [-0.3, -0.25) is 4.79 Å². The van der Waals surface area contributed by atoms with Crippen LogP contribution >= 0.6 is 11.6 Å². The summed E-state index contributed by atoms with van der Waals surface area (Å²) in [4.78, 5) is 24.4. The van der Waals surface area contributed by atoms with Gasteiger partial charge in [0.25, 0.3) is 5.88 Å².